The van der Waals surface area contributed by atoms with Crippen LogP contribution in [-0.4, -0.2) is 112 Å². The smallest absolute Gasteiger partial charge is 0.463 e. The molecule has 2 fully saturated rings. The fourth-order valence-electron chi connectivity index (χ4n) is 7.91. The Morgan fingerprint density at radius 1 is 0.450 bits per heavy atom. The highest BCUT2D eigenvalue weighted by Crippen LogP contribution is 2.32. The molecule has 2 unspecified atom stereocenters. The summed E-state index contributed by atoms with van der Waals surface area (Å²) in [4.78, 5) is 95.1. The van der Waals surface area contributed by atoms with E-state index in [-0.39, 0.29) is 62.3 Å². The average molecular weight is 1100 g/mol. The fraction of sp³-hybridized carbons (Fsp3) is 0.267. The highest BCUT2D eigenvalue weighted by molar-refractivity contribution is 5.98. The van der Waals surface area contributed by atoms with E-state index in [2.05, 4.69) is 13.2 Å². The SMILES string of the molecule is C=CC(=O)OCCCCOC(=O)Oc1ccc2cc(C(=O)Oc3ccc(C(=O)O[C@@H]4COC5C4OC[C@H]5OC(C)=O)cc3)ccc2c1.C=CC(=O)OCCCCOC(=O)Oc1ccc2cc(C(=O)Oc3ccc(C)cc3)ccc2c1. The van der Waals surface area contributed by atoms with Crippen LogP contribution >= 0.6 is 0 Å². The Labute approximate surface area is 458 Å². The van der Waals surface area contributed by atoms with Crippen LogP contribution in [0.2, 0.25) is 0 Å². The number of fused-ring (bicyclic) bond motifs is 3. The average Bonchev–Trinajstić information content (AvgIpc) is 4.06. The van der Waals surface area contributed by atoms with Crippen LogP contribution < -0.4 is 18.9 Å². The quantitative estimate of drug-likeness (QED) is 0.0162. The van der Waals surface area contributed by atoms with E-state index < -0.39 is 72.5 Å². The second-order valence-corrected chi connectivity index (χ2v) is 17.8. The van der Waals surface area contributed by atoms with E-state index in [1.807, 2.05) is 19.1 Å². The third-order valence-electron chi connectivity index (χ3n) is 11.9. The third kappa shape index (κ3) is 17.3. The number of hydrogen-bond donors (Lipinski definition) is 0. The summed E-state index contributed by atoms with van der Waals surface area (Å²) in [5.74, 6) is -1.82. The minimum atomic E-state index is -0.870. The molecule has 2 aliphatic heterocycles. The van der Waals surface area contributed by atoms with Gasteiger partial charge in [-0.05, 0) is 139 Å². The van der Waals surface area contributed by atoms with Gasteiger partial charge in [-0.15, -0.1) is 0 Å². The number of hydrogen-bond acceptors (Lipinski definition) is 20. The van der Waals surface area contributed by atoms with Gasteiger partial charge in [0, 0.05) is 19.1 Å². The number of benzene rings is 6. The molecule has 416 valence electrons. The topological polar surface area (TPSA) is 247 Å². The number of carbonyl (C=O) groups is 8. The maximum atomic E-state index is 12.8. The molecule has 80 heavy (non-hydrogen) atoms. The van der Waals surface area contributed by atoms with Crippen LogP contribution in [0.15, 0.2) is 147 Å². The Balaban J connectivity index is 0.000000246. The summed E-state index contributed by atoms with van der Waals surface area (Å²) in [6.45, 7) is 10.8. The number of ether oxygens (including phenoxy) is 12. The second-order valence-electron chi connectivity index (χ2n) is 17.8. The van der Waals surface area contributed by atoms with Crippen molar-refractivity contribution >= 4 is 69.7 Å². The summed E-state index contributed by atoms with van der Waals surface area (Å²) < 4.78 is 63.1. The van der Waals surface area contributed by atoms with E-state index in [0.717, 1.165) is 28.5 Å². The molecule has 4 atom stereocenters. The first kappa shape index (κ1) is 58.3. The van der Waals surface area contributed by atoms with Gasteiger partial charge in [0.05, 0.1) is 56.3 Å². The van der Waals surface area contributed by atoms with Crippen molar-refractivity contribution in [2.24, 2.45) is 0 Å². The predicted octanol–water partition coefficient (Wildman–Crippen LogP) is 9.73. The lowest BCUT2D eigenvalue weighted by Crippen LogP contribution is -2.35. The first-order valence-electron chi connectivity index (χ1n) is 25.2. The summed E-state index contributed by atoms with van der Waals surface area (Å²) in [5.41, 5.74) is 2.01. The van der Waals surface area contributed by atoms with E-state index in [0.29, 0.717) is 53.5 Å². The zero-order valence-corrected chi connectivity index (χ0v) is 43.7. The number of carbonyl (C=O) groups excluding carboxylic acids is 8. The first-order valence-corrected chi connectivity index (χ1v) is 25.2. The number of unbranched alkanes of at least 4 members (excludes halogenated alkanes) is 2. The van der Waals surface area contributed by atoms with Crippen molar-refractivity contribution < 1.29 is 95.2 Å². The number of esters is 6. The summed E-state index contributed by atoms with van der Waals surface area (Å²) in [5, 5.41) is 3.00. The minimum absolute atomic E-state index is 0.100. The highest BCUT2D eigenvalue weighted by Gasteiger charge is 2.51. The van der Waals surface area contributed by atoms with Crippen LogP contribution in [0.25, 0.3) is 21.5 Å². The normalized spacial score (nSPS) is 15.8. The number of rotatable bonds is 21. The van der Waals surface area contributed by atoms with Crippen molar-refractivity contribution in [2.75, 3.05) is 39.6 Å². The molecule has 0 N–H and O–H groups in total. The molecule has 0 saturated carbocycles. The standard InChI is InChI=1S/C34H32O13.C26H24O7/c1-3-29(36)40-14-4-5-15-41-34(39)46-26-13-10-22-16-24(7-6-23(22)17-26)33(38)45-25-11-8-21(9-12-25)32(37)47-28-19-43-30-27(44-20(2)35)18-42-31(28)30;1-3-24(27)30-14-4-5-15-31-26(29)33-23-13-10-19-16-21(9-8-20(19)17-23)25(28)32-22-11-6-18(2)7-12-22/h3,6-13,16-17,27-28,30-31H,1,4-5,14-15,18-19H2,2H3;3,6-13,16-17H,1,4-5,14-15H2,2H3/t27-,28-,30?,31?;/m1./s1. The van der Waals surface area contributed by atoms with E-state index in [1.54, 1.807) is 84.9 Å². The lowest BCUT2D eigenvalue weighted by Gasteiger charge is -2.17. The van der Waals surface area contributed by atoms with E-state index >= 15 is 0 Å². The summed E-state index contributed by atoms with van der Waals surface area (Å²) in [6, 6.07) is 33.1. The zero-order valence-electron chi connectivity index (χ0n) is 43.7. The van der Waals surface area contributed by atoms with Gasteiger partial charge < -0.3 is 56.8 Å². The van der Waals surface area contributed by atoms with E-state index in [1.165, 1.54) is 31.2 Å². The molecule has 8 rings (SSSR count). The van der Waals surface area contributed by atoms with Crippen LogP contribution in [0.4, 0.5) is 9.59 Å². The van der Waals surface area contributed by atoms with Crippen LogP contribution in [0.1, 0.15) is 69.2 Å². The van der Waals surface area contributed by atoms with Gasteiger partial charge in [0.1, 0.15) is 35.2 Å². The van der Waals surface area contributed by atoms with Gasteiger partial charge in [0.2, 0.25) is 0 Å². The Bertz CT molecular complexity index is 3220. The molecular formula is C60H56O20. The first-order chi connectivity index (χ1) is 38.6. The molecule has 6 aromatic carbocycles. The minimum Gasteiger partial charge on any atom is -0.463 e. The van der Waals surface area contributed by atoms with Crippen molar-refractivity contribution in [3.63, 3.8) is 0 Å². The van der Waals surface area contributed by atoms with Gasteiger partial charge in [-0.3, -0.25) is 4.79 Å². The van der Waals surface area contributed by atoms with Crippen molar-refractivity contribution in [2.45, 2.75) is 63.9 Å². The highest BCUT2D eigenvalue weighted by atomic mass is 16.7. The van der Waals surface area contributed by atoms with Crippen molar-refractivity contribution in [3.05, 3.63) is 169 Å². The maximum Gasteiger partial charge on any atom is 0.513 e. The molecule has 0 amide bonds. The van der Waals surface area contributed by atoms with Crippen LogP contribution in [0.3, 0.4) is 0 Å². The van der Waals surface area contributed by atoms with Gasteiger partial charge in [-0.25, -0.2) is 33.6 Å². The summed E-state index contributed by atoms with van der Waals surface area (Å²) >= 11 is 0. The molecule has 0 radical (unpaired) electrons. The van der Waals surface area contributed by atoms with Crippen LogP contribution in [0, 0.1) is 6.92 Å². The van der Waals surface area contributed by atoms with E-state index in [9.17, 15) is 38.4 Å². The Kier molecular flexibility index (Phi) is 21.0. The maximum absolute atomic E-state index is 12.8. The van der Waals surface area contributed by atoms with Crippen LogP contribution in [0.5, 0.6) is 23.0 Å². The van der Waals surface area contributed by atoms with Gasteiger partial charge in [0.15, 0.2) is 12.2 Å². The molecule has 0 aromatic heterocycles. The molecule has 2 heterocycles. The zero-order chi connectivity index (χ0) is 57.0. The van der Waals surface area contributed by atoms with Gasteiger partial charge in [0.25, 0.3) is 0 Å². The lowest BCUT2D eigenvalue weighted by molar-refractivity contribution is -0.151. The van der Waals surface area contributed by atoms with Gasteiger partial charge in [-0.2, -0.15) is 0 Å². The molecule has 20 heteroatoms. The van der Waals surface area contributed by atoms with E-state index in [4.69, 9.17) is 56.8 Å². The van der Waals surface area contributed by atoms with Crippen LogP contribution in [-0.2, 0) is 52.3 Å². The Morgan fingerprint density at radius 3 is 1.26 bits per heavy atom. The monoisotopic (exact) mass is 1100 g/mol. The van der Waals surface area contributed by atoms with Crippen molar-refractivity contribution in [3.8, 4) is 23.0 Å². The molecule has 2 saturated heterocycles. The second kappa shape index (κ2) is 28.8. The fourth-order valence-corrected chi connectivity index (χ4v) is 7.91. The summed E-state index contributed by atoms with van der Waals surface area (Å²) in [6.07, 6.45) is 0.312. The molecule has 0 spiro atoms. The molecule has 0 bridgehead atoms. The van der Waals surface area contributed by atoms with Crippen molar-refractivity contribution in [1.82, 2.24) is 0 Å². The summed E-state index contributed by atoms with van der Waals surface area (Å²) in [7, 11) is 0. The molecule has 6 aromatic rings. The van der Waals surface area contributed by atoms with Gasteiger partial charge >= 0.3 is 48.1 Å². The Morgan fingerprint density at radius 2 is 0.825 bits per heavy atom. The molecule has 2 aliphatic rings. The predicted molar refractivity (Wildman–Crippen MR) is 284 cm³/mol. The Hall–Kier alpha value is -9.40. The molecular weight excluding hydrogens is 1040 g/mol. The molecule has 0 aliphatic carbocycles. The van der Waals surface area contributed by atoms with Gasteiger partial charge in [-0.1, -0.05) is 55.1 Å². The lowest BCUT2D eigenvalue weighted by atomic mass is 10.1. The number of aryl methyl sites for hydroxylation is 1. The molecule has 20 nitrogen and oxygen atoms in total. The largest absolute Gasteiger partial charge is 0.513 e. The van der Waals surface area contributed by atoms with Crippen molar-refractivity contribution in [1.29, 1.82) is 0 Å². The third-order valence-corrected chi connectivity index (χ3v) is 11.9.